The molecule has 1 amide bonds. The van der Waals surface area contributed by atoms with Gasteiger partial charge in [-0.3, -0.25) is 19.2 Å². The lowest BCUT2D eigenvalue weighted by molar-refractivity contribution is -0.295. The van der Waals surface area contributed by atoms with Crippen LogP contribution in [0.2, 0.25) is 0 Å². The van der Waals surface area contributed by atoms with E-state index in [-0.39, 0.29) is 24.1 Å². The van der Waals surface area contributed by atoms with E-state index in [9.17, 15) is 19.5 Å². The van der Waals surface area contributed by atoms with Gasteiger partial charge in [0.25, 0.3) is 0 Å². The number of hydrogen-bond donors (Lipinski definition) is 3. The van der Waals surface area contributed by atoms with E-state index in [2.05, 4.69) is 22.6 Å². The van der Waals surface area contributed by atoms with Gasteiger partial charge >= 0.3 is 12.1 Å². The number of Topliss-reactive ketones (excluding diaryl/α,β-unsaturated/α-hetero) is 1. The van der Waals surface area contributed by atoms with Gasteiger partial charge in [-0.1, -0.05) is 38.1 Å². The minimum atomic E-state index is -1.23. The number of carbonyl (C=O) groups is 3. The number of likely N-dealkylation sites (N-methyl/N-ethyl adjacent to an activating group) is 1. The molecule has 16 heteroatoms. The maximum absolute atomic E-state index is 14.4. The fourth-order valence-corrected chi connectivity index (χ4v) is 9.45. The Hall–Kier alpha value is -3.67. The van der Waals surface area contributed by atoms with Gasteiger partial charge in [0.1, 0.15) is 23.8 Å². The number of carbonyl (C=O) groups excluding carboxylic acids is 3. The van der Waals surface area contributed by atoms with Gasteiger partial charge in [0.15, 0.2) is 17.7 Å². The zero-order chi connectivity index (χ0) is 43.4. The first-order valence-electron chi connectivity index (χ1n) is 21.3. The molecule has 0 aliphatic carbocycles. The topological polar surface area (TPSA) is 193 Å². The third kappa shape index (κ3) is 10.3. The van der Waals surface area contributed by atoms with E-state index in [4.69, 9.17) is 29.4 Å². The average molecular weight is 828 g/mol. The molecule has 3 saturated heterocycles. The summed E-state index contributed by atoms with van der Waals surface area (Å²) in [7, 11) is 5.39. The third-order valence-electron chi connectivity index (χ3n) is 12.8. The molecule has 3 aliphatic heterocycles. The summed E-state index contributed by atoms with van der Waals surface area (Å²) in [6, 6.07) is 6.46. The van der Waals surface area contributed by atoms with Crippen molar-refractivity contribution < 1.29 is 43.2 Å². The lowest BCUT2D eigenvalue weighted by atomic mass is 9.78. The van der Waals surface area contributed by atoms with Crippen LogP contribution in [0.4, 0.5) is 10.5 Å². The highest BCUT2D eigenvalue weighted by molar-refractivity contribution is 6.00. The van der Waals surface area contributed by atoms with Crippen molar-refractivity contribution in [3.8, 4) is 11.3 Å². The van der Waals surface area contributed by atoms with E-state index >= 15 is 0 Å². The maximum atomic E-state index is 14.4. The molecular formula is C43H69N7O9. The van der Waals surface area contributed by atoms with Crippen LogP contribution in [-0.2, 0) is 39.8 Å². The summed E-state index contributed by atoms with van der Waals surface area (Å²) in [4.78, 5) is 45.9. The smallest absolute Gasteiger partial charge is 0.410 e. The van der Waals surface area contributed by atoms with Crippen LogP contribution < -0.4 is 11.1 Å². The summed E-state index contributed by atoms with van der Waals surface area (Å²) in [5.41, 5.74) is 5.95. The number of nitrogens with zero attached hydrogens (tertiary/aromatic N) is 5. The number of amides is 1. The van der Waals surface area contributed by atoms with Crippen LogP contribution in [0.3, 0.4) is 0 Å². The molecule has 3 fully saturated rings. The minimum Gasteiger partial charge on any atom is -0.458 e. The van der Waals surface area contributed by atoms with Gasteiger partial charge in [-0.15, -0.1) is 5.10 Å². The van der Waals surface area contributed by atoms with Gasteiger partial charge in [-0.05, 0) is 105 Å². The normalized spacial score (nSPS) is 36.5. The molecule has 59 heavy (non-hydrogen) atoms. The second kappa shape index (κ2) is 19.4. The van der Waals surface area contributed by atoms with E-state index in [1.807, 2.05) is 84.1 Å². The van der Waals surface area contributed by atoms with Crippen molar-refractivity contribution in [2.24, 2.45) is 17.8 Å². The molecule has 0 spiro atoms. The monoisotopic (exact) mass is 828 g/mol. The molecule has 16 nitrogen and oxygen atoms in total. The molecule has 1 aromatic carbocycles. The van der Waals surface area contributed by atoms with Crippen molar-refractivity contribution in [3.05, 3.63) is 30.5 Å². The van der Waals surface area contributed by atoms with E-state index in [0.29, 0.717) is 57.4 Å². The van der Waals surface area contributed by atoms with E-state index in [1.54, 1.807) is 23.6 Å². The summed E-state index contributed by atoms with van der Waals surface area (Å²) in [5.74, 6) is -3.16. The van der Waals surface area contributed by atoms with E-state index < -0.39 is 71.5 Å². The predicted molar refractivity (Wildman–Crippen MR) is 222 cm³/mol. The number of nitrogen functional groups attached to an aromatic ring is 1. The number of unbranched alkanes of at least 4 members (excludes halogenated alkanes) is 1. The number of aliphatic hydroxyl groups excluding tert-OH is 1. The van der Waals surface area contributed by atoms with Gasteiger partial charge < -0.3 is 44.7 Å². The zero-order valence-corrected chi connectivity index (χ0v) is 36.9. The number of cyclic esters (lactones) is 1. The number of hydrogen-bond acceptors (Lipinski definition) is 14. The molecule has 5 rings (SSSR count). The molecule has 0 radical (unpaired) electrons. The summed E-state index contributed by atoms with van der Waals surface area (Å²) in [6.45, 7) is 16.4. The SMILES string of the molecule is CC[C@H]1OC(=O)C(C)C(=O)[C@@H](C)[C@@H](O[C@@H]2O[C@H](C)CC(N(C)C)C2O)[C@](C)(OC)C[C@@H](C)CN[C@H](C)[C@H]2N(CCCCn3cc(-c4cccc(N)c4)nn3)C(=O)O[C@]12C. The van der Waals surface area contributed by atoms with Crippen molar-refractivity contribution in [1.29, 1.82) is 0 Å². The van der Waals surface area contributed by atoms with Crippen LogP contribution in [0.5, 0.6) is 0 Å². The highest BCUT2D eigenvalue weighted by atomic mass is 16.7. The largest absolute Gasteiger partial charge is 0.458 e. The number of anilines is 1. The molecule has 13 atom stereocenters. The first kappa shape index (κ1) is 46.4. The highest BCUT2D eigenvalue weighted by Crippen LogP contribution is 2.40. The number of nitrogens with one attached hydrogen (secondary N) is 1. The molecule has 4 heterocycles. The van der Waals surface area contributed by atoms with Crippen LogP contribution >= 0.6 is 0 Å². The number of methoxy groups -OCH3 is 1. The first-order valence-corrected chi connectivity index (χ1v) is 21.3. The Morgan fingerprint density at radius 1 is 1.08 bits per heavy atom. The molecule has 4 N–H and O–H groups in total. The Balaban J connectivity index is 1.38. The molecular weight excluding hydrogens is 759 g/mol. The van der Waals surface area contributed by atoms with Crippen molar-refractivity contribution in [2.75, 3.05) is 40.0 Å². The van der Waals surface area contributed by atoms with Crippen LogP contribution in [0.25, 0.3) is 11.3 Å². The van der Waals surface area contributed by atoms with Gasteiger partial charge in [-0.25, -0.2) is 4.79 Å². The number of aryl methyl sites for hydroxylation is 1. The summed E-state index contributed by atoms with van der Waals surface area (Å²) < 4.78 is 33.3. The number of aliphatic hydroxyl groups is 1. The number of benzene rings is 1. The number of esters is 1. The number of fused-ring (bicyclic) bond motifs is 1. The summed E-state index contributed by atoms with van der Waals surface area (Å²) in [5, 5.41) is 23.7. The Bertz CT molecular complexity index is 1740. The number of aromatic nitrogens is 3. The quantitative estimate of drug-likeness (QED) is 0.126. The van der Waals surface area contributed by atoms with Crippen molar-refractivity contribution in [1.82, 2.24) is 30.1 Å². The number of ketones is 1. The fraction of sp³-hybridized carbons (Fsp3) is 0.744. The van der Waals surface area contributed by atoms with Gasteiger partial charge in [0.2, 0.25) is 0 Å². The first-order chi connectivity index (χ1) is 27.8. The second-order valence-corrected chi connectivity index (χ2v) is 17.8. The van der Waals surface area contributed by atoms with Gasteiger partial charge in [-0.2, -0.15) is 0 Å². The Morgan fingerprint density at radius 2 is 1.80 bits per heavy atom. The Labute approximate surface area is 349 Å². The average Bonchev–Trinajstić information content (AvgIpc) is 3.77. The maximum Gasteiger partial charge on any atom is 0.410 e. The van der Waals surface area contributed by atoms with Crippen LogP contribution in [0.1, 0.15) is 87.5 Å². The second-order valence-electron chi connectivity index (χ2n) is 17.8. The number of rotatable bonds is 11. The van der Waals surface area contributed by atoms with Gasteiger partial charge in [0, 0.05) is 49.5 Å². The molecule has 2 aromatic rings. The Kier molecular flexibility index (Phi) is 15.2. The van der Waals surface area contributed by atoms with Crippen LogP contribution in [0.15, 0.2) is 30.5 Å². The van der Waals surface area contributed by atoms with E-state index in [0.717, 1.165) is 11.3 Å². The lowest BCUT2D eigenvalue weighted by Gasteiger charge is -2.46. The molecule has 0 bridgehead atoms. The molecule has 3 aliphatic rings. The standard InChI is InChI=1S/C43H69N7O9/c1-12-34-43(8)37(50(41(54)59-43)19-14-13-18-49-24-32(46-47-49)30-16-15-17-31(44)21-30)29(6)45-23-25(2)22-42(7,55-11)38(27(4)35(51)28(5)39(53)57-34)58-40-36(52)33(48(9)10)20-26(3)56-40/h15-17,21,24-29,33-34,36-38,40,45,52H,12-14,18-20,22-23,44H2,1-11H3/t25-,26-,27-,28?,29-,33?,34-,36?,37-,38-,40+,42-,43-/m1/s1. The number of nitrogens with two attached hydrogens (primary N) is 1. The highest BCUT2D eigenvalue weighted by Gasteiger charge is 2.58. The predicted octanol–water partition coefficient (Wildman–Crippen LogP) is 4.28. The van der Waals surface area contributed by atoms with Crippen LogP contribution in [0, 0.1) is 17.8 Å². The zero-order valence-electron chi connectivity index (χ0n) is 36.9. The summed E-state index contributed by atoms with van der Waals surface area (Å²) >= 11 is 0. The molecule has 330 valence electrons. The molecule has 1 aromatic heterocycles. The van der Waals surface area contributed by atoms with Gasteiger partial charge in [0.05, 0.1) is 30.0 Å². The minimum absolute atomic E-state index is 0.0125. The third-order valence-corrected chi connectivity index (χ3v) is 12.8. The van der Waals surface area contributed by atoms with Crippen LogP contribution in [-0.4, -0.2) is 142 Å². The van der Waals surface area contributed by atoms with Crippen molar-refractivity contribution in [3.63, 3.8) is 0 Å². The van der Waals surface area contributed by atoms with Crippen molar-refractivity contribution in [2.45, 2.75) is 154 Å². The Morgan fingerprint density at radius 3 is 2.46 bits per heavy atom. The fourth-order valence-electron chi connectivity index (χ4n) is 9.45. The number of ether oxygens (including phenoxy) is 5. The van der Waals surface area contributed by atoms with Crippen molar-refractivity contribution >= 4 is 23.5 Å². The molecule has 0 saturated carbocycles. The van der Waals surface area contributed by atoms with E-state index in [1.165, 1.54) is 6.92 Å². The molecule has 3 unspecified atom stereocenters. The lowest BCUT2D eigenvalue weighted by Crippen LogP contribution is -2.61. The summed E-state index contributed by atoms with van der Waals surface area (Å²) in [6.07, 6.45) is 0.194.